The molecule has 0 fully saturated rings. The van der Waals surface area contributed by atoms with E-state index < -0.39 is 0 Å². The second kappa shape index (κ2) is 6.76. The lowest BCUT2D eigenvalue weighted by Gasteiger charge is -2.27. The minimum absolute atomic E-state index is 0.0323. The number of hydrogen-bond donors (Lipinski definition) is 0. The second-order valence-electron chi connectivity index (χ2n) is 5.85. The fourth-order valence-corrected chi connectivity index (χ4v) is 3.44. The van der Waals surface area contributed by atoms with Crippen molar-refractivity contribution in [2.75, 3.05) is 13.2 Å². The number of rotatable bonds is 5. The summed E-state index contributed by atoms with van der Waals surface area (Å²) in [6.07, 6.45) is 0.847. The zero-order chi connectivity index (χ0) is 16.4. The Kier molecular flexibility index (Phi) is 4.72. The number of aromatic nitrogens is 4. The topological polar surface area (TPSA) is 73.1 Å². The van der Waals surface area contributed by atoms with Gasteiger partial charge in [-0.05, 0) is 26.3 Å². The molecular weight excluding hydrogens is 314 g/mol. The SMILES string of the molecule is CCOc1nnc(CN2CCc3nn(C(C)C)c(=O)cc3C2)s1. The smallest absolute Gasteiger partial charge is 0.294 e. The maximum absolute atomic E-state index is 12.1. The number of nitrogens with zero attached hydrogens (tertiary/aromatic N) is 5. The first-order chi connectivity index (χ1) is 11.1. The summed E-state index contributed by atoms with van der Waals surface area (Å²) in [6.45, 7) is 8.82. The third kappa shape index (κ3) is 3.59. The first-order valence-corrected chi connectivity index (χ1v) is 8.67. The van der Waals surface area contributed by atoms with E-state index in [1.165, 1.54) is 11.3 Å². The molecule has 8 heteroatoms. The highest BCUT2D eigenvalue weighted by Gasteiger charge is 2.21. The van der Waals surface area contributed by atoms with Crippen molar-refractivity contribution in [3.8, 4) is 5.19 Å². The molecule has 0 N–H and O–H groups in total. The summed E-state index contributed by atoms with van der Waals surface area (Å²) in [6, 6.07) is 1.81. The van der Waals surface area contributed by atoms with E-state index in [1.54, 1.807) is 10.7 Å². The molecule has 0 aliphatic carbocycles. The summed E-state index contributed by atoms with van der Waals surface area (Å²) in [5, 5.41) is 14.2. The van der Waals surface area contributed by atoms with E-state index in [4.69, 9.17) is 4.74 Å². The number of fused-ring (bicyclic) bond motifs is 1. The molecule has 2 aromatic rings. The minimum atomic E-state index is -0.0323. The molecule has 1 aliphatic heterocycles. The van der Waals surface area contributed by atoms with Crippen LogP contribution in [0.25, 0.3) is 0 Å². The van der Waals surface area contributed by atoms with Crippen LogP contribution in [0.4, 0.5) is 0 Å². The lowest BCUT2D eigenvalue weighted by Crippen LogP contribution is -2.35. The molecule has 0 spiro atoms. The molecule has 0 atom stereocenters. The summed E-state index contributed by atoms with van der Waals surface area (Å²) in [5.74, 6) is 0. The van der Waals surface area contributed by atoms with E-state index in [-0.39, 0.29) is 11.6 Å². The van der Waals surface area contributed by atoms with E-state index >= 15 is 0 Å². The molecule has 0 aromatic carbocycles. The van der Waals surface area contributed by atoms with Crippen LogP contribution in [0.5, 0.6) is 5.19 Å². The van der Waals surface area contributed by atoms with Crippen LogP contribution in [0.2, 0.25) is 0 Å². The van der Waals surface area contributed by atoms with Gasteiger partial charge in [0.2, 0.25) is 0 Å². The van der Waals surface area contributed by atoms with Gasteiger partial charge in [-0.1, -0.05) is 11.3 Å². The van der Waals surface area contributed by atoms with Crippen molar-refractivity contribution in [2.24, 2.45) is 0 Å². The molecule has 3 heterocycles. The highest BCUT2D eigenvalue weighted by molar-refractivity contribution is 7.13. The van der Waals surface area contributed by atoms with Crippen molar-refractivity contribution >= 4 is 11.3 Å². The van der Waals surface area contributed by atoms with E-state index in [0.29, 0.717) is 11.8 Å². The Morgan fingerprint density at radius 3 is 2.96 bits per heavy atom. The van der Waals surface area contributed by atoms with Gasteiger partial charge in [-0.3, -0.25) is 9.69 Å². The normalized spacial score (nSPS) is 15.0. The standard InChI is InChI=1S/C15H21N5O2S/c1-4-22-15-17-16-13(23-15)9-19-6-5-12-11(8-19)7-14(21)20(18-12)10(2)3/h7,10H,4-6,8-9H2,1-3H3. The monoisotopic (exact) mass is 335 g/mol. The summed E-state index contributed by atoms with van der Waals surface area (Å²) < 4.78 is 6.92. The zero-order valence-electron chi connectivity index (χ0n) is 13.7. The average molecular weight is 335 g/mol. The zero-order valence-corrected chi connectivity index (χ0v) is 14.5. The first-order valence-electron chi connectivity index (χ1n) is 7.86. The molecule has 2 aromatic heterocycles. The Balaban J connectivity index is 1.72. The molecule has 7 nitrogen and oxygen atoms in total. The number of hydrogen-bond acceptors (Lipinski definition) is 7. The third-order valence-corrected chi connectivity index (χ3v) is 4.57. The van der Waals surface area contributed by atoms with Gasteiger partial charge >= 0.3 is 0 Å². The van der Waals surface area contributed by atoms with Gasteiger partial charge in [-0.2, -0.15) is 5.10 Å². The third-order valence-electron chi connectivity index (χ3n) is 3.75. The van der Waals surface area contributed by atoms with Gasteiger partial charge in [0.15, 0.2) is 0 Å². The van der Waals surface area contributed by atoms with Gasteiger partial charge in [0.1, 0.15) is 5.01 Å². The van der Waals surface area contributed by atoms with Crippen LogP contribution >= 0.6 is 11.3 Å². The summed E-state index contributed by atoms with van der Waals surface area (Å²) in [4.78, 5) is 14.4. The minimum Gasteiger partial charge on any atom is -0.469 e. The van der Waals surface area contributed by atoms with Gasteiger partial charge in [-0.25, -0.2) is 4.68 Å². The summed E-state index contributed by atoms with van der Waals surface area (Å²) >= 11 is 1.47. The fourth-order valence-electron chi connectivity index (χ4n) is 2.65. The van der Waals surface area contributed by atoms with Crippen molar-refractivity contribution < 1.29 is 4.74 Å². The molecule has 0 saturated carbocycles. The van der Waals surface area contributed by atoms with Gasteiger partial charge in [0.05, 0.1) is 24.9 Å². The molecule has 124 valence electrons. The van der Waals surface area contributed by atoms with Crippen LogP contribution in [0.3, 0.4) is 0 Å². The van der Waals surface area contributed by atoms with Crippen LogP contribution in [0, 0.1) is 0 Å². The highest BCUT2D eigenvalue weighted by Crippen LogP contribution is 2.22. The van der Waals surface area contributed by atoms with E-state index in [9.17, 15) is 4.79 Å². The van der Waals surface area contributed by atoms with Gasteiger partial charge in [0.25, 0.3) is 10.8 Å². The quantitative estimate of drug-likeness (QED) is 0.827. The van der Waals surface area contributed by atoms with Crippen molar-refractivity contribution in [1.82, 2.24) is 24.9 Å². The number of ether oxygens (including phenoxy) is 1. The van der Waals surface area contributed by atoms with E-state index in [1.807, 2.05) is 20.8 Å². The maximum atomic E-state index is 12.1. The predicted molar refractivity (Wildman–Crippen MR) is 87.8 cm³/mol. The molecule has 0 amide bonds. The fraction of sp³-hybridized carbons (Fsp3) is 0.600. The van der Waals surface area contributed by atoms with Crippen LogP contribution in [-0.2, 0) is 19.5 Å². The van der Waals surface area contributed by atoms with Gasteiger partial charge in [0, 0.05) is 25.6 Å². The van der Waals surface area contributed by atoms with Crippen LogP contribution < -0.4 is 10.3 Å². The molecule has 23 heavy (non-hydrogen) atoms. The largest absolute Gasteiger partial charge is 0.469 e. The van der Waals surface area contributed by atoms with E-state index in [0.717, 1.165) is 42.3 Å². The van der Waals surface area contributed by atoms with Crippen LogP contribution in [0.15, 0.2) is 10.9 Å². The summed E-state index contributed by atoms with van der Waals surface area (Å²) in [7, 11) is 0. The Labute approximate surface area is 138 Å². The lowest BCUT2D eigenvalue weighted by atomic mass is 10.1. The van der Waals surface area contributed by atoms with Gasteiger partial charge < -0.3 is 4.74 Å². The van der Waals surface area contributed by atoms with Crippen molar-refractivity contribution in [3.63, 3.8) is 0 Å². The Hall–Kier alpha value is -1.80. The Morgan fingerprint density at radius 2 is 2.22 bits per heavy atom. The summed E-state index contributed by atoms with van der Waals surface area (Å²) in [5.41, 5.74) is 2.02. The van der Waals surface area contributed by atoms with Crippen molar-refractivity contribution in [1.29, 1.82) is 0 Å². The maximum Gasteiger partial charge on any atom is 0.294 e. The highest BCUT2D eigenvalue weighted by atomic mass is 32.1. The predicted octanol–water partition coefficient (Wildman–Crippen LogP) is 1.63. The van der Waals surface area contributed by atoms with Crippen molar-refractivity contribution in [2.45, 2.75) is 46.3 Å². The molecule has 0 saturated heterocycles. The van der Waals surface area contributed by atoms with Crippen LogP contribution in [0.1, 0.15) is 43.1 Å². The average Bonchev–Trinajstić information content (AvgIpc) is 2.93. The Bertz CT molecular complexity index is 740. The van der Waals surface area contributed by atoms with Crippen LogP contribution in [-0.4, -0.2) is 38.0 Å². The van der Waals surface area contributed by atoms with Crippen molar-refractivity contribution in [3.05, 3.63) is 32.7 Å². The lowest BCUT2D eigenvalue weighted by molar-refractivity contribution is 0.239. The van der Waals surface area contributed by atoms with E-state index in [2.05, 4.69) is 20.2 Å². The van der Waals surface area contributed by atoms with Gasteiger partial charge in [-0.15, -0.1) is 10.2 Å². The molecular formula is C15H21N5O2S. The molecule has 3 rings (SSSR count). The molecule has 0 bridgehead atoms. The molecule has 0 unspecified atom stereocenters. The molecule has 0 radical (unpaired) electrons. The first kappa shape index (κ1) is 16.1. The Morgan fingerprint density at radius 1 is 1.39 bits per heavy atom. The second-order valence-corrected chi connectivity index (χ2v) is 6.87. The molecule has 1 aliphatic rings.